The predicted molar refractivity (Wildman–Crippen MR) is 110 cm³/mol. The maximum Gasteiger partial charge on any atom is 0.191 e. The highest BCUT2D eigenvalue weighted by Gasteiger charge is 2.23. The summed E-state index contributed by atoms with van der Waals surface area (Å²) in [6.07, 6.45) is 0. The van der Waals surface area contributed by atoms with E-state index in [-0.39, 0.29) is 0 Å². The molecule has 2 aromatic rings. The molecular formula is C17H23BrN4OS2. The molecule has 1 aliphatic rings. The van der Waals surface area contributed by atoms with Crippen molar-refractivity contribution in [1.29, 1.82) is 0 Å². The fraction of sp³-hybridized carbons (Fsp3) is 0.471. The lowest BCUT2D eigenvalue weighted by atomic mass is 10.2. The average Bonchev–Trinajstić information content (AvgIpc) is 3.31. The lowest BCUT2D eigenvalue weighted by Gasteiger charge is -2.34. The summed E-state index contributed by atoms with van der Waals surface area (Å²) in [5.74, 6) is 0.833. The van der Waals surface area contributed by atoms with Crippen LogP contribution in [0.1, 0.15) is 15.8 Å². The molecule has 2 N–H and O–H groups in total. The summed E-state index contributed by atoms with van der Waals surface area (Å²) in [5.41, 5.74) is 0. The second-order valence-corrected chi connectivity index (χ2v) is 9.22. The molecule has 0 amide bonds. The van der Waals surface area contributed by atoms with Crippen LogP contribution in [0, 0.1) is 0 Å². The normalized spacial score (nSPS) is 17.4. The Bertz CT molecular complexity index is 668. The Hall–Kier alpha value is -0.930. The molecule has 2 aromatic heterocycles. The molecule has 0 bridgehead atoms. The lowest BCUT2D eigenvalue weighted by molar-refractivity contribution is 0.0177. The van der Waals surface area contributed by atoms with Crippen LogP contribution >= 0.6 is 38.6 Å². The minimum absolute atomic E-state index is 0.346. The number of hydrogen-bond donors (Lipinski definition) is 2. The number of guanidine groups is 1. The maximum atomic E-state index is 5.51. The van der Waals surface area contributed by atoms with Gasteiger partial charge in [0.15, 0.2) is 5.96 Å². The molecule has 0 spiro atoms. The van der Waals surface area contributed by atoms with Gasteiger partial charge in [0, 0.05) is 36.4 Å². The van der Waals surface area contributed by atoms with E-state index in [1.165, 1.54) is 9.75 Å². The van der Waals surface area contributed by atoms with E-state index in [9.17, 15) is 0 Å². The fourth-order valence-corrected chi connectivity index (χ4v) is 5.09. The SMILES string of the molecule is CN=C(NCc1ccc(Br)s1)NCC(c1cccs1)N1CCOCC1. The first kappa shape index (κ1) is 18.8. The highest BCUT2D eigenvalue weighted by Crippen LogP contribution is 2.25. The van der Waals surface area contributed by atoms with E-state index in [1.54, 1.807) is 11.3 Å². The molecule has 3 heterocycles. The van der Waals surface area contributed by atoms with Gasteiger partial charge in [-0.1, -0.05) is 6.07 Å². The molecule has 25 heavy (non-hydrogen) atoms. The lowest BCUT2D eigenvalue weighted by Crippen LogP contribution is -2.45. The summed E-state index contributed by atoms with van der Waals surface area (Å²) in [6.45, 7) is 5.16. The van der Waals surface area contributed by atoms with Crippen LogP contribution in [0.4, 0.5) is 0 Å². The van der Waals surface area contributed by atoms with E-state index < -0.39 is 0 Å². The Morgan fingerprint density at radius 2 is 2.16 bits per heavy atom. The third-order valence-corrected chi connectivity index (χ3v) is 6.70. The largest absolute Gasteiger partial charge is 0.379 e. The van der Waals surface area contributed by atoms with Gasteiger partial charge in [-0.15, -0.1) is 22.7 Å². The van der Waals surface area contributed by atoms with Gasteiger partial charge >= 0.3 is 0 Å². The molecule has 136 valence electrons. The standard InChI is InChI=1S/C17H23BrN4OS2/c1-19-17(20-11-13-4-5-16(18)25-13)21-12-14(15-3-2-10-24-15)22-6-8-23-9-7-22/h2-5,10,14H,6-9,11-12H2,1H3,(H2,19,20,21). The van der Waals surface area contributed by atoms with E-state index in [4.69, 9.17) is 4.74 Å². The van der Waals surface area contributed by atoms with Gasteiger partial charge in [-0.2, -0.15) is 0 Å². The molecule has 1 atom stereocenters. The van der Waals surface area contributed by atoms with Gasteiger partial charge in [0.2, 0.25) is 0 Å². The number of hydrogen-bond acceptors (Lipinski definition) is 5. The van der Waals surface area contributed by atoms with E-state index in [1.807, 2.05) is 18.4 Å². The number of nitrogens with one attached hydrogen (secondary N) is 2. The van der Waals surface area contributed by atoms with Gasteiger partial charge in [-0.05, 0) is 39.5 Å². The van der Waals surface area contributed by atoms with Crippen molar-refractivity contribution in [2.45, 2.75) is 12.6 Å². The third kappa shape index (κ3) is 5.52. The summed E-state index contributed by atoms with van der Waals surface area (Å²) in [4.78, 5) is 9.51. The molecule has 1 fully saturated rings. The maximum absolute atomic E-state index is 5.51. The van der Waals surface area contributed by atoms with Crippen molar-refractivity contribution in [3.05, 3.63) is 43.2 Å². The molecule has 8 heteroatoms. The minimum Gasteiger partial charge on any atom is -0.379 e. The van der Waals surface area contributed by atoms with Crippen LogP contribution in [-0.2, 0) is 11.3 Å². The van der Waals surface area contributed by atoms with Crippen LogP contribution in [0.15, 0.2) is 38.4 Å². The highest BCUT2D eigenvalue weighted by molar-refractivity contribution is 9.11. The summed E-state index contributed by atoms with van der Waals surface area (Å²) in [7, 11) is 1.81. The van der Waals surface area contributed by atoms with E-state index >= 15 is 0 Å². The van der Waals surface area contributed by atoms with Crippen molar-refractivity contribution in [3.8, 4) is 0 Å². The quantitative estimate of drug-likeness (QED) is 0.532. The van der Waals surface area contributed by atoms with E-state index in [0.29, 0.717) is 6.04 Å². The van der Waals surface area contributed by atoms with Crippen molar-refractivity contribution >= 4 is 44.6 Å². The van der Waals surface area contributed by atoms with Gasteiger partial charge in [-0.3, -0.25) is 9.89 Å². The van der Waals surface area contributed by atoms with Crippen LogP contribution in [0.5, 0.6) is 0 Å². The summed E-state index contributed by atoms with van der Waals surface area (Å²) in [5, 5.41) is 9.02. The topological polar surface area (TPSA) is 48.9 Å². The summed E-state index contributed by atoms with van der Waals surface area (Å²) < 4.78 is 6.66. The minimum atomic E-state index is 0.346. The van der Waals surface area contributed by atoms with Crippen molar-refractivity contribution in [1.82, 2.24) is 15.5 Å². The van der Waals surface area contributed by atoms with Gasteiger partial charge in [0.05, 0.1) is 29.6 Å². The van der Waals surface area contributed by atoms with Gasteiger partial charge < -0.3 is 15.4 Å². The Balaban J connectivity index is 1.57. The highest BCUT2D eigenvalue weighted by atomic mass is 79.9. The number of aliphatic imine (C=N–C) groups is 1. The Kier molecular flexibility index (Phi) is 7.30. The van der Waals surface area contributed by atoms with Gasteiger partial charge in [-0.25, -0.2) is 0 Å². The zero-order valence-electron chi connectivity index (χ0n) is 14.2. The van der Waals surface area contributed by atoms with Crippen LogP contribution in [0.2, 0.25) is 0 Å². The number of morpholine rings is 1. The number of ether oxygens (including phenoxy) is 1. The van der Waals surface area contributed by atoms with Crippen LogP contribution in [0.25, 0.3) is 0 Å². The van der Waals surface area contributed by atoms with Crippen molar-refractivity contribution in [2.24, 2.45) is 4.99 Å². The number of rotatable bonds is 6. The molecule has 1 aliphatic heterocycles. The average molecular weight is 443 g/mol. The predicted octanol–water partition coefficient (Wildman–Crippen LogP) is 3.31. The van der Waals surface area contributed by atoms with Crippen molar-refractivity contribution in [2.75, 3.05) is 39.9 Å². The first-order chi connectivity index (χ1) is 12.3. The molecule has 5 nitrogen and oxygen atoms in total. The molecule has 0 aliphatic carbocycles. The van der Waals surface area contributed by atoms with Crippen molar-refractivity contribution in [3.63, 3.8) is 0 Å². The number of halogens is 1. The molecule has 0 aromatic carbocycles. The van der Waals surface area contributed by atoms with Crippen LogP contribution < -0.4 is 10.6 Å². The first-order valence-corrected chi connectivity index (χ1v) is 10.8. The number of nitrogens with zero attached hydrogens (tertiary/aromatic N) is 2. The summed E-state index contributed by atoms with van der Waals surface area (Å²) in [6, 6.07) is 8.87. The molecule has 0 radical (unpaired) electrons. The zero-order valence-corrected chi connectivity index (χ0v) is 17.4. The zero-order chi connectivity index (χ0) is 17.5. The second kappa shape index (κ2) is 9.68. The van der Waals surface area contributed by atoms with Crippen molar-refractivity contribution < 1.29 is 4.74 Å². The third-order valence-electron chi connectivity index (χ3n) is 4.10. The first-order valence-electron chi connectivity index (χ1n) is 8.30. The second-order valence-electron chi connectivity index (χ2n) is 5.69. The summed E-state index contributed by atoms with van der Waals surface area (Å²) >= 11 is 7.05. The Morgan fingerprint density at radius 1 is 1.32 bits per heavy atom. The molecule has 0 saturated carbocycles. The van der Waals surface area contributed by atoms with E-state index in [2.05, 4.69) is 66.1 Å². The Morgan fingerprint density at radius 3 is 2.80 bits per heavy atom. The molecule has 3 rings (SSSR count). The molecule has 1 unspecified atom stereocenters. The smallest absolute Gasteiger partial charge is 0.191 e. The molecular weight excluding hydrogens is 420 g/mol. The van der Waals surface area contributed by atoms with Gasteiger partial charge in [0.1, 0.15) is 0 Å². The molecule has 1 saturated heterocycles. The van der Waals surface area contributed by atoms with Crippen LogP contribution in [0.3, 0.4) is 0 Å². The Labute approximate surface area is 165 Å². The fourth-order valence-electron chi connectivity index (χ4n) is 2.81. The van der Waals surface area contributed by atoms with Gasteiger partial charge in [0.25, 0.3) is 0 Å². The number of thiophene rings is 2. The monoisotopic (exact) mass is 442 g/mol. The van der Waals surface area contributed by atoms with Crippen LogP contribution in [-0.4, -0.2) is 50.8 Å². The van der Waals surface area contributed by atoms with E-state index in [0.717, 1.165) is 49.1 Å².